The van der Waals surface area contributed by atoms with E-state index in [4.69, 9.17) is 11.2 Å². The predicted molar refractivity (Wildman–Crippen MR) is 79.8 cm³/mol. The van der Waals surface area contributed by atoms with Crippen molar-refractivity contribution in [2.24, 2.45) is 0 Å². The van der Waals surface area contributed by atoms with E-state index in [1.54, 1.807) is 13.2 Å². The molecule has 1 aliphatic carbocycles. The number of rotatable bonds is 3. The summed E-state index contributed by atoms with van der Waals surface area (Å²) >= 11 is 0. The largest absolute Gasteiger partial charge is 0.497 e. The zero-order valence-corrected chi connectivity index (χ0v) is 11.7. The highest BCUT2D eigenvalue weighted by Gasteiger charge is 2.31. The van der Waals surface area contributed by atoms with Gasteiger partial charge >= 0.3 is 6.03 Å². The SMILES string of the molecule is C#CC1(NC(=O)Nc2cccc(OC)c2)CCCCC1. The van der Waals surface area contributed by atoms with Gasteiger partial charge in [-0.05, 0) is 25.0 Å². The van der Waals surface area contributed by atoms with Gasteiger partial charge in [0.25, 0.3) is 0 Å². The number of carbonyl (C=O) groups is 1. The van der Waals surface area contributed by atoms with Gasteiger partial charge in [-0.1, -0.05) is 31.2 Å². The third-order valence-electron chi connectivity index (χ3n) is 3.66. The number of terminal acetylenes is 1. The van der Waals surface area contributed by atoms with Crippen molar-refractivity contribution in [3.8, 4) is 18.1 Å². The van der Waals surface area contributed by atoms with Gasteiger partial charge in [0.05, 0.1) is 7.11 Å². The fourth-order valence-electron chi connectivity index (χ4n) is 2.54. The lowest BCUT2D eigenvalue weighted by Gasteiger charge is -2.33. The second-order valence-electron chi connectivity index (χ2n) is 5.10. The maximum Gasteiger partial charge on any atom is 0.320 e. The van der Waals surface area contributed by atoms with Crippen molar-refractivity contribution in [2.45, 2.75) is 37.6 Å². The Bertz CT molecular complexity index is 513. The summed E-state index contributed by atoms with van der Waals surface area (Å²) in [6.07, 6.45) is 10.6. The standard InChI is InChI=1S/C16H20N2O2/c1-3-16(10-5-4-6-11-16)18-15(19)17-13-8-7-9-14(12-13)20-2/h1,7-9,12H,4-6,10-11H2,2H3,(H2,17,18,19). The topological polar surface area (TPSA) is 50.4 Å². The number of ether oxygens (including phenoxy) is 1. The van der Waals surface area contributed by atoms with E-state index in [-0.39, 0.29) is 6.03 Å². The fourth-order valence-corrected chi connectivity index (χ4v) is 2.54. The summed E-state index contributed by atoms with van der Waals surface area (Å²) in [5, 5.41) is 5.74. The highest BCUT2D eigenvalue weighted by Crippen LogP contribution is 2.27. The van der Waals surface area contributed by atoms with Crippen LogP contribution in [0.3, 0.4) is 0 Å². The molecule has 0 bridgehead atoms. The quantitative estimate of drug-likeness (QED) is 0.830. The Morgan fingerprint density at radius 1 is 1.35 bits per heavy atom. The van der Waals surface area contributed by atoms with Gasteiger partial charge in [-0.25, -0.2) is 4.79 Å². The van der Waals surface area contributed by atoms with Crippen LogP contribution >= 0.6 is 0 Å². The minimum absolute atomic E-state index is 0.266. The molecule has 0 heterocycles. The van der Waals surface area contributed by atoms with Crippen molar-refractivity contribution >= 4 is 11.7 Å². The van der Waals surface area contributed by atoms with Crippen molar-refractivity contribution in [1.29, 1.82) is 0 Å². The minimum Gasteiger partial charge on any atom is -0.497 e. The molecule has 20 heavy (non-hydrogen) atoms. The Kier molecular flexibility index (Phi) is 4.52. The van der Waals surface area contributed by atoms with Crippen molar-refractivity contribution in [1.82, 2.24) is 5.32 Å². The highest BCUT2D eigenvalue weighted by atomic mass is 16.5. The average Bonchev–Trinajstić information content (AvgIpc) is 2.48. The third-order valence-corrected chi connectivity index (χ3v) is 3.66. The van der Waals surface area contributed by atoms with E-state index in [0.29, 0.717) is 11.4 Å². The van der Waals surface area contributed by atoms with Gasteiger partial charge < -0.3 is 15.4 Å². The average molecular weight is 272 g/mol. The maximum atomic E-state index is 12.1. The summed E-state index contributed by atoms with van der Waals surface area (Å²) < 4.78 is 5.12. The van der Waals surface area contributed by atoms with E-state index in [1.165, 1.54) is 6.42 Å². The molecule has 2 N–H and O–H groups in total. The van der Waals surface area contributed by atoms with Crippen LogP contribution in [0.5, 0.6) is 5.75 Å². The summed E-state index contributed by atoms with van der Waals surface area (Å²) in [5.41, 5.74) is 0.186. The molecular weight excluding hydrogens is 252 g/mol. The zero-order chi connectivity index (χ0) is 14.4. The first-order valence-corrected chi connectivity index (χ1v) is 6.88. The zero-order valence-electron chi connectivity index (χ0n) is 11.7. The van der Waals surface area contributed by atoms with Crippen LogP contribution in [0.25, 0.3) is 0 Å². The van der Waals surface area contributed by atoms with Crippen molar-refractivity contribution < 1.29 is 9.53 Å². The maximum absolute atomic E-state index is 12.1. The monoisotopic (exact) mass is 272 g/mol. The number of carbonyl (C=O) groups excluding carboxylic acids is 1. The van der Waals surface area contributed by atoms with E-state index in [2.05, 4.69) is 16.6 Å². The molecule has 0 saturated heterocycles. The van der Waals surface area contributed by atoms with Gasteiger partial charge in [-0.2, -0.15) is 0 Å². The molecule has 2 amide bonds. The molecule has 1 aromatic carbocycles. The van der Waals surface area contributed by atoms with Gasteiger partial charge in [0.1, 0.15) is 11.3 Å². The Balaban J connectivity index is 1.99. The van der Waals surface area contributed by atoms with Crippen LogP contribution in [0, 0.1) is 12.3 Å². The molecule has 4 heteroatoms. The van der Waals surface area contributed by atoms with Crippen molar-refractivity contribution in [3.05, 3.63) is 24.3 Å². The second-order valence-corrected chi connectivity index (χ2v) is 5.10. The molecule has 2 rings (SSSR count). The van der Waals surface area contributed by atoms with E-state index >= 15 is 0 Å². The summed E-state index contributed by atoms with van der Waals surface area (Å²) in [7, 11) is 1.59. The van der Waals surface area contributed by atoms with E-state index in [0.717, 1.165) is 25.7 Å². The van der Waals surface area contributed by atoms with Crippen LogP contribution < -0.4 is 15.4 Å². The predicted octanol–water partition coefficient (Wildman–Crippen LogP) is 3.15. The molecule has 0 aromatic heterocycles. The Morgan fingerprint density at radius 2 is 2.10 bits per heavy atom. The van der Waals surface area contributed by atoms with Crippen LogP contribution in [0.4, 0.5) is 10.5 Å². The molecule has 0 spiro atoms. The van der Waals surface area contributed by atoms with Gasteiger partial charge in [0, 0.05) is 11.8 Å². The first kappa shape index (κ1) is 14.3. The molecular formula is C16H20N2O2. The number of methoxy groups -OCH3 is 1. The lowest BCUT2D eigenvalue weighted by molar-refractivity contribution is 0.234. The number of anilines is 1. The summed E-state index contributed by atoms with van der Waals surface area (Å²) in [6, 6.07) is 6.96. The summed E-state index contributed by atoms with van der Waals surface area (Å²) in [4.78, 5) is 12.1. The third kappa shape index (κ3) is 3.45. The molecule has 1 saturated carbocycles. The summed E-state index contributed by atoms with van der Waals surface area (Å²) in [6.45, 7) is 0. The number of urea groups is 1. The van der Waals surface area contributed by atoms with Crippen LogP contribution in [0.2, 0.25) is 0 Å². The Labute approximate surface area is 119 Å². The van der Waals surface area contributed by atoms with Crippen LogP contribution in [0.15, 0.2) is 24.3 Å². The molecule has 0 radical (unpaired) electrons. The molecule has 0 aliphatic heterocycles. The van der Waals surface area contributed by atoms with Gasteiger partial charge in [-0.3, -0.25) is 0 Å². The molecule has 1 fully saturated rings. The Hall–Kier alpha value is -2.15. The number of amides is 2. The number of nitrogens with one attached hydrogen (secondary N) is 2. The molecule has 4 nitrogen and oxygen atoms in total. The van der Waals surface area contributed by atoms with Crippen molar-refractivity contribution in [2.75, 3.05) is 12.4 Å². The van der Waals surface area contributed by atoms with Gasteiger partial charge in [0.2, 0.25) is 0 Å². The highest BCUT2D eigenvalue weighted by molar-refractivity contribution is 5.90. The van der Waals surface area contributed by atoms with Gasteiger partial charge in [0.15, 0.2) is 0 Å². The molecule has 1 aromatic rings. The second kappa shape index (κ2) is 6.33. The first-order chi connectivity index (χ1) is 9.67. The van der Waals surface area contributed by atoms with Crippen molar-refractivity contribution in [3.63, 3.8) is 0 Å². The van der Waals surface area contributed by atoms with E-state index in [9.17, 15) is 4.79 Å². The lowest BCUT2D eigenvalue weighted by Crippen LogP contribution is -2.50. The van der Waals surface area contributed by atoms with Crippen LogP contribution in [0.1, 0.15) is 32.1 Å². The number of benzene rings is 1. The van der Waals surface area contributed by atoms with Crippen LogP contribution in [-0.4, -0.2) is 18.7 Å². The summed E-state index contributed by atoms with van der Waals surface area (Å²) in [5.74, 6) is 3.46. The van der Waals surface area contributed by atoms with Crippen LogP contribution in [-0.2, 0) is 0 Å². The van der Waals surface area contributed by atoms with Gasteiger partial charge in [-0.15, -0.1) is 6.42 Å². The smallest absolute Gasteiger partial charge is 0.320 e. The van der Waals surface area contributed by atoms with E-state index in [1.807, 2.05) is 18.2 Å². The number of hydrogen-bond donors (Lipinski definition) is 2. The van der Waals surface area contributed by atoms with E-state index < -0.39 is 5.54 Å². The normalized spacial score (nSPS) is 16.8. The first-order valence-electron chi connectivity index (χ1n) is 6.88. The molecule has 0 unspecified atom stereocenters. The molecule has 0 atom stereocenters. The number of hydrogen-bond acceptors (Lipinski definition) is 2. The molecule has 106 valence electrons. The minimum atomic E-state index is -0.499. The fraction of sp³-hybridized carbons (Fsp3) is 0.438. The molecule has 1 aliphatic rings. The Morgan fingerprint density at radius 3 is 2.75 bits per heavy atom. The lowest BCUT2D eigenvalue weighted by atomic mass is 9.82.